The highest BCUT2D eigenvalue weighted by atomic mass is 19.4. The Hall–Kier alpha value is -2.52. The fourth-order valence-corrected chi connectivity index (χ4v) is 2.75. The van der Waals surface area contributed by atoms with Crippen molar-refractivity contribution >= 4 is 17.8 Å². The third-order valence-electron chi connectivity index (χ3n) is 3.95. The number of amides is 2. The molecule has 0 spiro atoms. The Morgan fingerprint density at radius 3 is 2.30 bits per heavy atom. The number of nitrogens with one attached hydrogen (secondary N) is 1. The number of pyridine rings is 1. The summed E-state index contributed by atoms with van der Waals surface area (Å²) < 4.78 is 44.0. The number of nitrogens with two attached hydrogens (primary N) is 1. The fraction of sp³-hybridized carbons (Fsp3) is 0.588. The Balaban J connectivity index is 2.09. The largest absolute Gasteiger partial charge is 0.444 e. The first-order chi connectivity index (χ1) is 12.4. The van der Waals surface area contributed by atoms with Crippen molar-refractivity contribution in [2.45, 2.75) is 51.4 Å². The molecule has 2 rings (SSSR count). The van der Waals surface area contributed by atoms with E-state index in [2.05, 4.69) is 10.3 Å². The lowest BCUT2D eigenvalue weighted by Gasteiger charge is -2.34. The molecule has 27 heavy (non-hydrogen) atoms. The van der Waals surface area contributed by atoms with E-state index in [1.807, 2.05) is 0 Å². The maximum absolute atomic E-state index is 13.0. The van der Waals surface area contributed by atoms with E-state index in [1.165, 1.54) is 0 Å². The molecule has 1 fully saturated rings. The lowest BCUT2D eigenvalue weighted by Crippen LogP contribution is -2.46. The van der Waals surface area contributed by atoms with Crippen LogP contribution in [0.3, 0.4) is 0 Å². The van der Waals surface area contributed by atoms with Crippen molar-refractivity contribution < 1.29 is 27.5 Å². The van der Waals surface area contributed by atoms with Crippen LogP contribution in [-0.2, 0) is 10.9 Å². The van der Waals surface area contributed by atoms with Gasteiger partial charge in [0, 0.05) is 19.1 Å². The third-order valence-corrected chi connectivity index (χ3v) is 3.95. The number of rotatable bonds is 3. The van der Waals surface area contributed by atoms with Crippen LogP contribution in [-0.4, -0.2) is 41.7 Å². The van der Waals surface area contributed by atoms with Crippen LogP contribution in [0.25, 0.3) is 0 Å². The molecule has 2 amide bonds. The number of anilines is 1. The quantitative estimate of drug-likeness (QED) is 0.830. The molecule has 1 saturated heterocycles. The summed E-state index contributed by atoms with van der Waals surface area (Å²) in [5.74, 6) is -0.937. The van der Waals surface area contributed by atoms with Gasteiger partial charge in [0.05, 0.1) is 5.56 Å². The van der Waals surface area contributed by atoms with Crippen molar-refractivity contribution in [3.63, 3.8) is 0 Å². The first-order valence-electron chi connectivity index (χ1n) is 8.49. The Labute approximate surface area is 155 Å². The number of alkyl carbamates (subject to hydrolysis) is 1. The lowest BCUT2D eigenvalue weighted by atomic mass is 10.0. The van der Waals surface area contributed by atoms with Crippen molar-refractivity contribution in [2.24, 2.45) is 5.73 Å². The first kappa shape index (κ1) is 20.8. The van der Waals surface area contributed by atoms with Gasteiger partial charge >= 0.3 is 12.3 Å². The molecule has 10 heteroatoms. The van der Waals surface area contributed by atoms with Crippen LogP contribution >= 0.6 is 0 Å². The van der Waals surface area contributed by atoms with Crippen molar-refractivity contribution in [3.05, 3.63) is 23.4 Å². The Bertz CT molecular complexity index is 708. The zero-order chi connectivity index (χ0) is 20.4. The normalized spacial score (nSPS) is 16.1. The average Bonchev–Trinajstić information content (AvgIpc) is 2.52. The fourth-order valence-electron chi connectivity index (χ4n) is 2.75. The second kappa shape index (κ2) is 7.61. The zero-order valence-corrected chi connectivity index (χ0v) is 15.4. The number of alkyl halides is 3. The van der Waals surface area contributed by atoms with Gasteiger partial charge in [-0.25, -0.2) is 9.78 Å². The summed E-state index contributed by atoms with van der Waals surface area (Å²) in [5.41, 5.74) is 3.50. The topological polar surface area (TPSA) is 97.6 Å². The SMILES string of the molecule is CC(C)(C)OC(=O)NC1CCN(c2nc(C(F)(F)F)ccc2C(N)=O)CC1. The minimum Gasteiger partial charge on any atom is -0.444 e. The summed E-state index contributed by atoms with van der Waals surface area (Å²) in [5, 5.41) is 2.74. The average molecular weight is 388 g/mol. The second-order valence-electron chi connectivity index (χ2n) is 7.34. The van der Waals surface area contributed by atoms with Gasteiger partial charge < -0.3 is 20.7 Å². The highest BCUT2D eigenvalue weighted by Crippen LogP contribution is 2.31. The predicted octanol–water partition coefficient (Wildman–Crippen LogP) is 2.69. The van der Waals surface area contributed by atoms with E-state index in [1.54, 1.807) is 25.7 Å². The number of hydrogen-bond donors (Lipinski definition) is 2. The van der Waals surface area contributed by atoms with Crippen LogP contribution in [0.4, 0.5) is 23.8 Å². The molecule has 0 aliphatic carbocycles. The van der Waals surface area contributed by atoms with Gasteiger partial charge in [0.1, 0.15) is 17.1 Å². The van der Waals surface area contributed by atoms with Gasteiger partial charge in [0.15, 0.2) is 0 Å². The number of hydrogen-bond acceptors (Lipinski definition) is 5. The zero-order valence-electron chi connectivity index (χ0n) is 15.4. The molecule has 0 saturated carbocycles. The third kappa shape index (κ3) is 5.73. The number of carbonyl (C=O) groups is 2. The number of ether oxygens (including phenoxy) is 1. The van der Waals surface area contributed by atoms with Crippen LogP contribution in [0, 0.1) is 0 Å². The van der Waals surface area contributed by atoms with Crippen molar-refractivity contribution in [1.82, 2.24) is 10.3 Å². The predicted molar refractivity (Wildman–Crippen MR) is 92.4 cm³/mol. The number of piperidine rings is 1. The van der Waals surface area contributed by atoms with E-state index in [4.69, 9.17) is 10.5 Å². The summed E-state index contributed by atoms with van der Waals surface area (Å²) in [6.07, 6.45) is -4.23. The highest BCUT2D eigenvalue weighted by Gasteiger charge is 2.34. The minimum absolute atomic E-state index is 0.0680. The number of carbonyl (C=O) groups excluding carboxylic acids is 2. The monoisotopic (exact) mass is 388 g/mol. The number of aromatic nitrogens is 1. The molecule has 1 aliphatic heterocycles. The van der Waals surface area contributed by atoms with Crippen LogP contribution in [0.15, 0.2) is 12.1 Å². The molecule has 0 radical (unpaired) electrons. The summed E-state index contributed by atoms with van der Waals surface area (Å²) >= 11 is 0. The Morgan fingerprint density at radius 1 is 1.22 bits per heavy atom. The standard InChI is InChI=1S/C17H23F3N4O3/c1-16(2,3)27-15(26)22-10-6-8-24(9-7-10)14-11(13(21)25)4-5-12(23-14)17(18,19)20/h4-5,10H,6-9H2,1-3H3,(H2,21,25)(H,22,26). The van der Waals surface area contributed by atoms with Gasteiger partial charge in [0.2, 0.25) is 0 Å². The molecular formula is C17H23F3N4O3. The summed E-state index contributed by atoms with van der Waals surface area (Å²) in [6.45, 7) is 5.88. The van der Waals surface area contributed by atoms with Crippen molar-refractivity contribution in [2.75, 3.05) is 18.0 Å². The summed E-state index contributed by atoms with van der Waals surface area (Å²) in [6, 6.07) is 1.60. The molecule has 0 atom stereocenters. The summed E-state index contributed by atoms with van der Waals surface area (Å²) in [7, 11) is 0. The van der Waals surface area contributed by atoms with Gasteiger partial charge in [-0.15, -0.1) is 0 Å². The van der Waals surface area contributed by atoms with Crippen molar-refractivity contribution in [3.8, 4) is 0 Å². The Morgan fingerprint density at radius 2 is 1.81 bits per heavy atom. The van der Waals surface area contributed by atoms with Crippen LogP contribution in [0.2, 0.25) is 0 Å². The van der Waals surface area contributed by atoms with E-state index in [-0.39, 0.29) is 17.4 Å². The molecule has 0 bridgehead atoms. The van der Waals surface area contributed by atoms with Crippen LogP contribution < -0.4 is 16.0 Å². The van der Waals surface area contributed by atoms with Gasteiger partial charge in [0.25, 0.3) is 5.91 Å². The smallest absolute Gasteiger partial charge is 0.433 e. The number of nitrogens with zero attached hydrogens (tertiary/aromatic N) is 2. The van der Waals surface area contributed by atoms with E-state index in [0.29, 0.717) is 25.9 Å². The minimum atomic E-state index is -4.62. The number of primary amides is 1. The van der Waals surface area contributed by atoms with E-state index >= 15 is 0 Å². The Kier molecular flexibility index (Phi) is 5.86. The molecule has 150 valence electrons. The molecule has 1 aliphatic rings. The maximum atomic E-state index is 13.0. The molecule has 1 aromatic rings. The van der Waals surface area contributed by atoms with Gasteiger partial charge in [-0.05, 0) is 45.7 Å². The molecule has 2 heterocycles. The van der Waals surface area contributed by atoms with Gasteiger partial charge in [-0.1, -0.05) is 0 Å². The first-order valence-corrected chi connectivity index (χ1v) is 8.49. The maximum Gasteiger partial charge on any atom is 0.433 e. The molecule has 0 unspecified atom stereocenters. The molecule has 3 N–H and O–H groups in total. The molecule has 7 nitrogen and oxygen atoms in total. The summed E-state index contributed by atoms with van der Waals surface area (Å²) in [4.78, 5) is 28.6. The molecule has 0 aromatic carbocycles. The van der Waals surface area contributed by atoms with E-state index < -0.39 is 29.5 Å². The van der Waals surface area contributed by atoms with Crippen LogP contribution in [0.1, 0.15) is 49.7 Å². The van der Waals surface area contributed by atoms with E-state index in [9.17, 15) is 22.8 Å². The van der Waals surface area contributed by atoms with Gasteiger partial charge in [-0.2, -0.15) is 13.2 Å². The van der Waals surface area contributed by atoms with Crippen molar-refractivity contribution in [1.29, 1.82) is 0 Å². The highest BCUT2D eigenvalue weighted by molar-refractivity contribution is 5.97. The van der Waals surface area contributed by atoms with Crippen LogP contribution in [0.5, 0.6) is 0 Å². The lowest BCUT2D eigenvalue weighted by molar-refractivity contribution is -0.141. The second-order valence-corrected chi connectivity index (χ2v) is 7.34. The molecular weight excluding hydrogens is 365 g/mol. The number of halogens is 3. The van der Waals surface area contributed by atoms with E-state index in [0.717, 1.165) is 12.1 Å². The van der Waals surface area contributed by atoms with Gasteiger partial charge in [-0.3, -0.25) is 4.79 Å². The molecule has 1 aromatic heterocycles.